The zero-order chi connectivity index (χ0) is 15.2. The third kappa shape index (κ3) is 4.02. The Bertz CT molecular complexity index is 636. The molecule has 3 heteroatoms. The number of hydrogen-bond acceptors (Lipinski definition) is 3. The fourth-order valence-corrected chi connectivity index (χ4v) is 2.23. The Balaban J connectivity index is 2.15. The number of benzene rings is 1. The maximum Gasteiger partial charge on any atom is 0.208 e. The second-order valence-corrected chi connectivity index (χ2v) is 5.11. The summed E-state index contributed by atoms with van der Waals surface area (Å²) in [4.78, 5) is 24.1. The van der Waals surface area contributed by atoms with E-state index in [1.807, 2.05) is 43.3 Å². The van der Waals surface area contributed by atoms with Crippen molar-refractivity contribution in [3.63, 3.8) is 0 Å². The highest BCUT2D eigenvalue weighted by atomic mass is 16.3. The first-order valence-corrected chi connectivity index (χ1v) is 6.88. The lowest BCUT2D eigenvalue weighted by molar-refractivity contribution is -0.119. The van der Waals surface area contributed by atoms with Gasteiger partial charge >= 0.3 is 0 Å². The van der Waals surface area contributed by atoms with Crippen LogP contribution in [0.25, 0.3) is 6.08 Å². The maximum atomic E-state index is 12.3. The van der Waals surface area contributed by atoms with Crippen LogP contribution in [-0.2, 0) is 4.79 Å². The lowest BCUT2D eigenvalue weighted by Gasteiger charge is -2.11. The number of allylic oxidation sites excluding steroid dienone is 1. The van der Waals surface area contributed by atoms with Gasteiger partial charge in [-0.25, -0.2) is 0 Å². The maximum absolute atomic E-state index is 12.3. The summed E-state index contributed by atoms with van der Waals surface area (Å²) in [6, 6.07) is 13.1. The lowest BCUT2D eigenvalue weighted by Crippen LogP contribution is -2.22. The number of furan rings is 1. The molecule has 2 rings (SSSR count). The number of ketones is 2. The van der Waals surface area contributed by atoms with Gasteiger partial charge in [0.25, 0.3) is 0 Å². The summed E-state index contributed by atoms with van der Waals surface area (Å²) in [6.07, 6.45) is 3.84. The van der Waals surface area contributed by atoms with Gasteiger partial charge in [-0.2, -0.15) is 0 Å². The molecular weight excluding hydrogens is 264 g/mol. The van der Waals surface area contributed by atoms with Crippen LogP contribution in [0, 0.1) is 5.92 Å². The van der Waals surface area contributed by atoms with Crippen LogP contribution in [-0.4, -0.2) is 11.6 Å². The molecule has 1 aromatic carbocycles. The molecule has 2 aromatic rings. The SMILES string of the molecule is CC(=O)C(C/C(C)=C/c1ccccc1)C(=O)c1ccco1. The van der Waals surface area contributed by atoms with Crippen LogP contribution >= 0.6 is 0 Å². The summed E-state index contributed by atoms with van der Waals surface area (Å²) in [6.45, 7) is 3.37. The summed E-state index contributed by atoms with van der Waals surface area (Å²) in [7, 11) is 0. The Kier molecular flexibility index (Phi) is 4.88. The molecule has 0 spiro atoms. The highest BCUT2D eigenvalue weighted by molar-refractivity contribution is 6.08. The van der Waals surface area contributed by atoms with E-state index in [0.717, 1.165) is 11.1 Å². The zero-order valence-corrected chi connectivity index (χ0v) is 12.2. The van der Waals surface area contributed by atoms with Gasteiger partial charge in [-0.3, -0.25) is 9.59 Å². The Morgan fingerprint density at radius 1 is 1.10 bits per heavy atom. The third-order valence-corrected chi connectivity index (χ3v) is 3.31. The monoisotopic (exact) mass is 282 g/mol. The van der Waals surface area contributed by atoms with E-state index in [4.69, 9.17) is 4.42 Å². The Morgan fingerprint density at radius 3 is 2.38 bits per heavy atom. The summed E-state index contributed by atoms with van der Waals surface area (Å²) in [5.74, 6) is -0.843. The molecule has 21 heavy (non-hydrogen) atoms. The molecule has 0 N–H and O–H groups in total. The molecule has 0 amide bonds. The fourth-order valence-electron chi connectivity index (χ4n) is 2.23. The average Bonchev–Trinajstić information content (AvgIpc) is 2.99. The van der Waals surface area contributed by atoms with Crippen LogP contribution in [0.2, 0.25) is 0 Å². The summed E-state index contributed by atoms with van der Waals surface area (Å²) < 4.78 is 5.11. The van der Waals surface area contributed by atoms with E-state index in [1.54, 1.807) is 12.1 Å². The Labute approximate surface area is 124 Å². The van der Waals surface area contributed by atoms with Crippen molar-refractivity contribution in [1.82, 2.24) is 0 Å². The number of carbonyl (C=O) groups excluding carboxylic acids is 2. The second kappa shape index (κ2) is 6.84. The van der Waals surface area contributed by atoms with Gasteiger partial charge in [-0.05, 0) is 38.0 Å². The molecular formula is C18H18O3. The molecule has 108 valence electrons. The van der Waals surface area contributed by atoms with Crippen molar-refractivity contribution in [2.75, 3.05) is 0 Å². The largest absolute Gasteiger partial charge is 0.461 e. The molecule has 1 unspecified atom stereocenters. The standard InChI is InChI=1S/C18H18O3/c1-13(11-15-7-4-3-5-8-15)12-16(14(2)19)18(20)17-9-6-10-21-17/h3-11,16H,12H2,1-2H3/b13-11+. The number of carbonyl (C=O) groups is 2. The molecule has 0 saturated heterocycles. The molecule has 0 radical (unpaired) electrons. The topological polar surface area (TPSA) is 47.3 Å². The molecule has 1 atom stereocenters. The minimum Gasteiger partial charge on any atom is -0.461 e. The minimum atomic E-state index is -0.684. The highest BCUT2D eigenvalue weighted by Gasteiger charge is 2.26. The van der Waals surface area contributed by atoms with Gasteiger partial charge in [-0.15, -0.1) is 0 Å². The van der Waals surface area contributed by atoms with Gasteiger partial charge in [0.15, 0.2) is 5.76 Å². The lowest BCUT2D eigenvalue weighted by atomic mass is 9.90. The molecule has 1 heterocycles. The molecule has 0 aliphatic rings. The van der Waals surface area contributed by atoms with E-state index in [2.05, 4.69) is 0 Å². The van der Waals surface area contributed by atoms with E-state index in [-0.39, 0.29) is 17.3 Å². The molecule has 0 fully saturated rings. The predicted molar refractivity (Wildman–Crippen MR) is 81.9 cm³/mol. The summed E-state index contributed by atoms with van der Waals surface area (Å²) >= 11 is 0. The van der Waals surface area contributed by atoms with Crippen LogP contribution in [0.1, 0.15) is 36.4 Å². The normalized spacial score (nSPS) is 13.0. The average molecular weight is 282 g/mol. The summed E-state index contributed by atoms with van der Waals surface area (Å²) in [5.41, 5.74) is 2.05. The quantitative estimate of drug-likeness (QED) is 0.590. The van der Waals surface area contributed by atoms with E-state index < -0.39 is 5.92 Å². The van der Waals surface area contributed by atoms with Crippen LogP contribution in [0.3, 0.4) is 0 Å². The number of Topliss-reactive ketones (excluding diaryl/α,β-unsaturated/α-hetero) is 2. The van der Waals surface area contributed by atoms with Crippen LogP contribution in [0.5, 0.6) is 0 Å². The fraction of sp³-hybridized carbons (Fsp3) is 0.222. The molecule has 1 aromatic heterocycles. The smallest absolute Gasteiger partial charge is 0.208 e. The van der Waals surface area contributed by atoms with Crippen LogP contribution < -0.4 is 0 Å². The van der Waals surface area contributed by atoms with E-state index in [0.29, 0.717) is 6.42 Å². The van der Waals surface area contributed by atoms with Crippen molar-refractivity contribution in [2.45, 2.75) is 20.3 Å². The van der Waals surface area contributed by atoms with Crippen molar-refractivity contribution >= 4 is 17.6 Å². The van der Waals surface area contributed by atoms with E-state index in [1.165, 1.54) is 13.2 Å². The van der Waals surface area contributed by atoms with Crippen molar-refractivity contribution < 1.29 is 14.0 Å². The van der Waals surface area contributed by atoms with E-state index in [9.17, 15) is 9.59 Å². The Morgan fingerprint density at radius 2 is 1.81 bits per heavy atom. The van der Waals surface area contributed by atoms with Crippen LogP contribution in [0.4, 0.5) is 0 Å². The van der Waals surface area contributed by atoms with Gasteiger partial charge in [0.1, 0.15) is 5.78 Å². The van der Waals surface area contributed by atoms with Crippen LogP contribution in [0.15, 0.2) is 58.7 Å². The minimum absolute atomic E-state index is 0.141. The number of hydrogen-bond donors (Lipinski definition) is 0. The van der Waals surface area contributed by atoms with Crippen molar-refractivity contribution in [1.29, 1.82) is 0 Å². The van der Waals surface area contributed by atoms with Gasteiger partial charge in [0.05, 0.1) is 12.2 Å². The highest BCUT2D eigenvalue weighted by Crippen LogP contribution is 2.20. The van der Waals surface area contributed by atoms with Gasteiger partial charge in [0, 0.05) is 0 Å². The zero-order valence-electron chi connectivity index (χ0n) is 12.2. The predicted octanol–water partition coefficient (Wildman–Crippen LogP) is 4.16. The molecule has 0 bridgehead atoms. The molecule has 0 saturated carbocycles. The van der Waals surface area contributed by atoms with Crippen molar-refractivity contribution in [3.05, 3.63) is 65.6 Å². The van der Waals surface area contributed by atoms with Gasteiger partial charge in [0.2, 0.25) is 5.78 Å². The van der Waals surface area contributed by atoms with Crippen molar-refractivity contribution in [3.8, 4) is 0 Å². The first kappa shape index (κ1) is 15.0. The molecule has 3 nitrogen and oxygen atoms in total. The molecule has 0 aliphatic heterocycles. The second-order valence-electron chi connectivity index (χ2n) is 5.11. The first-order chi connectivity index (χ1) is 10.1. The molecule has 0 aliphatic carbocycles. The third-order valence-electron chi connectivity index (χ3n) is 3.31. The van der Waals surface area contributed by atoms with Gasteiger partial charge in [-0.1, -0.05) is 42.0 Å². The number of rotatable bonds is 6. The van der Waals surface area contributed by atoms with Gasteiger partial charge < -0.3 is 4.42 Å². The summed E-state index contributed by atoms with van der Waals surface area (Å²) in [5, 5.41) is 0. The Hall–Kier alpha value is -2.42. The van der Waals surface area contributed by atoms with E-state index >= 15 is 0 Å². The first-order valence-electron chi connectivity index (χ1n) is 6.88. The van der Waals surface area contributed by atoms with Crippen molar-refractivity contribution in [2.24, 2.45) is 5.92 Å².